The molecule has 0 saturated heterocycles. The van der Waals surface area contributed by atoms with E-state index in [1.54, 1.807) is 0 Å². The van der Waals surface area contributed by atoms with Crippen molar-refractivity contribution < 1.29 is 0 Å². The average molecular weight is 261 g/mol. The molecule has 0 bridgehead atoms. The summed E-state index contributed by atoms with van der Waals surface area (Å²) in [7, 11) is 0. The van der Waals surface area contributed by atoms with Gasteiger partial charge >= 0.3 is 0 Å². The summed E-state index contributed by atoms with van der Waals surface area (Å²) in [5.74, 6) is 0.588. The number of hydrogen-bond acceptors (Lipinski definition) is 1. The molecule has 2 aromatic rings. The van der Waals surface area contributed by atoms with Gasteiger partial charge in [-0.2, -0.15) is 0 Å². The Labute approximate surface area is 120 Å². The summed E-state index contributed by atoms with van der Waals surface area (Å²) in [5.41, 5.74) is 3.65. The molecule has 0 aliphatic heterocycles. The molecule has 0 radical (unpaired) electrons. The third-order valence-electron chi connectivity index (χ3n) is 3.54. The highest BCUT2D eigenvalue weighted by Crippen LogP contribution is 2.32. The van der Waals surface area contributed by atoms with Gasteiger partial charge in [-0.25, -0.2) is 0 Å². The summed E-state index contributed by atoms with van der Waals surface area (Å²) < 4.78 is 0. The van der Waals surface area contributed by atoms with Gasteiger partial charge in [0.1, 0.15) is 0 Å². The molecule has 1 aliphatic rings. The highest BCUT2D eigenvalue weighted by Gasteiger charge is 2.15. The molecule has 0 fully saturated rings. The largest absolute Gasteiger partial charge is 0.311 e. The molecule has 1 unspecified atom stereocenters. The van der Waals surface area contributed by atoms with Gasteiger partial charge in [0.2, 0.25) is 0 Å². The zero-order valence-electron chi connectivity index (χ0n) is 11.7. The van der Waals surface area contributed by atoms with E-state index in [0.717, 1.165) is 6.42 Å². The number of benzene rings is 2. The third kappa shape index (κ3) is 2.67. The first-order valence-electron chi connectivity index (χ1n) is 7.13. The molecule has 3 rings (SSSR count). The lowest BCUT2D eigenvalue weighted by Crippen LogP contribution is -2.17. The number of para-hydroxylation sites is 2. The molecule has 2 aromatic carbocycles. The van der Waals surface area contributed by atoms with Gasteiger partial charge in [-0.15, -0.1) is 0 Å². The van der Waals surface area contributed by atoms with Gasteiger partial charge in [0.05, 0.1) is 0 Å². The van der Waals surface area contributed by atoms with Crippen molar-refractivity contribution in [2.45, 2.75) is 13.3 Å². The van der Waals surface area contributed by atoms with Crippen LogP contribution in [0.15, 0.2) is 84.6 Å². The fraction of sp³-hybridized carbons (Fsp3) is 0.158. The highest BCUT2D eigenvalue weighted by atomic mass is 15.1. The van der Waals surface area contributed by atoms with E-state index in [1.165, 1.54) is 17.1 Å². The monoisotopic (exact) mass is 261 g/mol. The number of hydrogen-bond donors (Lipinski definition) is 0. The number of allylic oxidation sites excluding steroid dienone is 3. The van der Waals surface area contributed by atoms with Crippen molar-refractivity contribution in [2.24, 2.45) is 5.92 Å². The highest BCUT2D eigenvalue weighted by molar-refractivity contribution is 5.70. The minimum Gasteiger partial charge on any atom is -0.311 e. The first-order chi connectivity index (χ1) is 9.84. The van der Waals surface area contributed by atoms with E-state index in [9.17, 15) is 0 Å². The predicted molar refractivity (Wildman–Crippen MR) is 86.0 cm³/mol. The van der Waals surface area contributed by atoms with Crippen molar-refractivity contribution in [2.75, 3.05) is 4.90 Å². The summed E-state index contributed by atoms with van der Waals surface area (Å²) in [5, 5.41) is 0. The Morgan fingerprint density at radius 1 is 0.850 bits per heavy atom. The summed E-state index contributed by atoms with van der Waals surface area (Å²) >= 11 is 0. The zero-order valence-corrected chi connectivity index (χ0v) is 11.7. The van der Waals surface area contributed by atoms with Crippen molar-refractivity contribution >= 4 is 11.4 Å². The second-order valence-electron chi connectivity index (χ2n) is 5.21. The summed E-state index contributed by atoms with van der Waals surface area (Å²) in [6, 6.07) is 21.1. The molecule has 1 heteroatoms. The lowest BCUT2D eigenvalue weighted by molar-refractivity contribution is 0.726. The summed E-state index contributed by atoms with van der Waals surface area (Å²) in [4.78, 5) is 2.31. The molecule has 0 saturated carbocycles. The molecule has 1 nitrogen and oxygen atoms in total. The van der Waals surface area contributed by atoms with Gasteiger partial charge in [-0.3, -0.25) is 0 Å². The average Bonchev–Trinajstić information content (AvgIpc) is 2.50. The SMILES string of the molecule is CC1C=C(N(c2ccccc2)c2ccccc2)C=CC1. The van der Waals surface area contributed by atoms with Crippen LogP contribution >= 0.6 is 0 Å². The molecular weight excluding hydrogens is 242 g/mol. The van der Waals surface area contributed by atoms with Crippen LogP contribution in [-0.4, -0.2) is 0 Å². The van der Waals surface area contributed by atoms with Crippen LogP contribution in [-0.2, 0) is 0 Å². The topological polar surface area (TPSA) is 3.24 Å². The molecule has 20 heavy (non-hydrogen) atoms. The first kappa shape index (κ1) is 12.7. The van der Waals surface area contributed by atoms with Crippen LogP contribution in [0.4, 0.5) is 11.4 Å². The van der Waals surface area contributed by atoms with E-state index in [0.29, 0.717) is 5.92 Å². The maximum atomic E-state index is 2.35. The molecule has 1 aliphatic carbocycles. The minimum atomic E-state index is 0.588. The van der Waals surface area contributed by atoms with E-state index in [4.69, 9.17) is 0 Å². The summed E-state index contributed by atoms with van der Waals surface area (Å²) in [6.45, 7) is 2.26. The predicted octanol–water partition coefficient (Wildman–Crippen LogP) is 5.30. The molecular formula is C19H19N. The van der Waals surface area contributed by atoms with Gasteiger partial charge in [0.25, 0.3) is 0 Å². The Kier molecular flexibility index (Phi) is 3.69. The molecule has 0 aromatic heterocycles. The van der Waals surface area contributed by atoms with Gasteiger partial charge < -0.3 is 4.90 Å². The fourth-order valence-corrected chi connectivity index (χ4v) is 2.57. The van der Waals surface area contributed by atoms with Crippen molar-refractivity contribution in [1.29, 1.82) is 0 Å². The fourth-order valence-electron chi connectivity index (χ4n) is 2.57. The Bertz CT molecular complexity index is 571. The van der Waals surface area contributed by atoms with Gasteiger partial charge in [0, 0.05) is 17.1 Å². The van der Waals surface area contributed by atoms with Crippen LogP contribution in [0.2, 0.25) is 0 Å². The molecule has 0 heterocycles. The van der Waals surface area contributed by atoms with Crippen LogP contribution in [0.25, 0.3) is 0 Å². The Morgan fingerprint density at radius 3 is 1.90 bits per heavy atom. The van der Waals surface area contributed by atoms with Crippen molar-refractivity contribution in [3.63, 3.8) is 0 Å². The standard InChI is InChI=1S/C19H19N/c1-16-9-8-14-19(15-16)20(17-10-4-2-5-11-17)18-12-6-3-7-13-18/h2-8,10-16H,9H2,1H3. The van der Waals surface area contributed by atoms with Crippen LogP contribution < -0.4 is 4.90 Å². The second-order valence-corrected chi connectivity index (χ2v) is 5.21. The number of anilines is 2. The van der Waals surface area contributed by atoms with E-state index in [2.05, 4.69) is 90.7 Å². The Hall–Kier alpha value is -2.28. The van der Waals surface area contributed by atoms with E-state index in [-0.39, 0.29) is 0 Å². The van der Waals surface area contributed by atoms with Crippen LogP contribution in [0.3, 0.4) is 0 Å². The first-order valence-corrected chi connectivity index (χ1v) is 7.13. The van der Waals surface area contributed by atoms with E-state index >= 15 is 0 Å². The Balaban J connectivity index is 2.07. The molecule has 0 amide bonds. The summed E-state index contributed by atoms with van der Waals surface area (Å²) in [6.07, 6.45) is 7.96. The molecule has 0 spiro atoms. The van der Waals surface area contributed by atoms with E-state index < -0.39 is 0 Å². The number of nitrogens with zero attached hydrogens (tertiary/aromatic N) is 1. The Morgan fingerprint density at radius 2 is 1.40 bits per heavy atom. The molecule has 100 valence electrons. The number of rotatable bonds is 3. The lowest BCUT2D eigenvalue weighted by Gasteiger charge is -2.28. The molecule has 0 N–H and O–H groups in total. The van der Waals surface area contributed by atoms with Crippen molar-refractivity contribution in [3.05, 3.63) is 84.6 Å². The quantitative estimate of drug-likeness (QED) is 0.724. The van der Waals surface area contributed by atoms with Crippen LogP contribution in [0.1, 0.15) is 13.3 Å². The minimum absolute atomic E-state index is 0.588. The van der Waals surface area contributed by atoms with Crippen LogP contribution in [0, 0.1) is 5.92 Å². The zero-order chi connectivity index (χ0) is 13.8. The van der Waals surface area contributed by atoms with Gasteiger partial charge in [-0.1, -0.05) is 55.5 Å². The molecule has 1 atom stereocenters. The van der Waals surface area contributed by atoms with Gasteiger partial charge in [-0.05, 0) is 42.7 Å². The normalized spacial score (nSPS) is 17.6. The van der Waals surface area contributed by atoms with Gasteiger partial charge in [0.15, 0.2) is 0 Å². The maximum absolute atomic E-state index is 2.35. The van der Waals surface area contributed by atoms with E-state index in [1.807, 2.05) is 0 Å². The third-order valence-corrected chi connectivity index (χ3v) is 3.54. The van der Waals surface area contributed by atoms with Crippen molar-refractivity contribution in [3.8, 4) is 0 Å². The lowest BCUT2D eigenvalue weighted by atomic mass is 10.00. The van der Waals surface area contributed by atoms with Crippen molar-refractivity contribution in [1.82, 2.24) is 0 Å². The van der Waals surface area contributed by atoms with Crippen LogP contribution in [0.5, 0.6) is 0 Å². The maximum Gasteiger partial charge on any atom is 0.0461 e. The second kappa shape index (κ2) is 5.79. The smallest absolute Gasteiger partial charge is 0.0461 e.